The van der Waals surface area contributed by atoms with Gasteiger partial charge in [0.1, 0.15) is 0 Å². The molecular weight excluding hydrogens is 396 g/mol. The summed E-state index contributed by atoms with van der Waals surface area (Å²) in [6, 6.07) is 16.2. The van der Waals surface area contributed by atoms with Gasteiger partial charge in [0.25, 0.3) is 5.91 Å². The van der Waals surface area contributed by atoms with Gasteiger partial charge >= 0.3 is 11.8 Å². The Morgan fingerprint density at radius 2 is 1.65 bits per heavy atom. The van der Waals surface area contributed by atoms with Gasteiger partial charge in [-0.2, -0.15) is 5.10 Å². The highest BCUT2D eigenvalue weighted by molar-refractivity contribution is 6.40. The van der Waals surface area contributed by atoms with Crippen LogP contribution in [0.25, 0.3) is 6.08 Å². The number of ether oxygens (including phenoxy) is 1. The van der Waals surface area contributed by atoms with E-state index in [1.165, 1.54) is 6.21 Å². The molecular formula is C23H24N4O4. The molecule has 31 heavy (non-hydrogen) atoms. The number of hydrogen-bond donors (Lipinski definition) is 2. The molecule has 2 N–H and O–H groups in total. The fourth-order valence-electron chi connectivity index (χ4n) is 2.99. The quantitative estimate of drug-likeness (QED) is 0.440. The third kappa shape index (κ3) is 6.35. The van der Waals surface area contributed by atoms with E-state index in [1.807, 2.05) is 43.3 Å². The highest BCUT2D eigenvalue weighted by Gasteiger charge is 2.22. The number of hydrogen-bond acceptors (Lipinski definition) is 5. The molecule has 1 aliphatic heterocycles. The number of carbonyl (C=O) groups excluding carboxylic acids is 3. The van der Waals surface area contributed by atoms with Crippen LogP contribution in [0.15, 0.2) is 65.3 Å². The van der Waals surface area contributed by atoms with Crippen molar-refractivity contribution < 1.29 is 19.1 Å². The molecule has 0 saturated carbocycles. The lowest BCUT2D eigenvalue weighted by Crippen LogP contribution is -2.41. The Morgan fingerprint density at radius 3 is 2.39 bits per heavy atom. The maximum atomic E-state index is 12.8. The van der Waals surface area contributed by atoms with Crippen LogP contribution in [0.5, 0.6) is 0 Å². The van der Waals surface area contributed by atoms with Crippen molar-refractivity contribution in [2.45, 2.75) is 6.92 Å². The average Bonchev–Trinajstić information content (AvgIpc) is 2.80. The molecule has 0 aliphatic carbocycles. The Bertz CT molecular complexity index is 996. The van der Waals surface area contributed by atoms with Crippen molar-refractivity contribution in [3.05, 3.63) is 71.3 Å². The molecule has 0 unspecified atom stereocenters. The van der Waals surface area contributed by atoms with E-state index < -0.39 is 11.8 Å². The molecule has 3 amide bonds. The maximum absolute atomic E-state index is 12.8. The third-order valence-corrected chi connectivity index (χ3v) is 4.54. The number of allylic oxidation sites excluding steroid dienone is 1. The largest absolute Gasteiger partial charge is 0.378 e. The van der Waals surface area contributed by atoms with Gasteiger partial charge in [-0.1, -0.05) is 48.5 Å². The summed E-state index contributed by atoms with van der Waals surface area (Å²) in [6.45, 7) is 3.73. The van der Waals surface area contributed by atoms with Gasteiger partial charge in [-0.3, -0.25) is 14.4 Å². The smallest absolute Gasteiger partial charge is 0.329 e. The summed E-state index contributed by atoms with van der Waals surface area (Å²) in [7, 11) is 0. The maximum Gasteiger partial charge on any atom is 0.329 e. The molecule has 3 rings (SSSR count). The van der Waals surface area contributed by atoms with Gasteiger partial charge in [0.05, 0.1) is 30.7 Å². The molecule has 0 bridgehead atoms. The van der Waals surface area contributed by atoms with E-state index in [2.05, 4.69) is 15.8 Å². The molecule has 0 aromatic heterocycles. The summed E-state index contributed by atoms with van der Waals surface area (Å²) in [5.74, 6) is -2.07. The second-order valence-electron chi connectivity index (χ2n) is 6.90. The Hall–Kier alpha value is -3.78. The van der Waals surface area contributed by atoms with Gasteiger partial charge in [-0.25, -0.2) is 5.43 Å². The third-order valence-electron chi connectivity index (χ3n) is 4.54. The van der Waals surface area contributed by atoms with E-state index in [0.29, 0.717) is 31.9 Å². The van der Waals surface area contributed by atoms with E-state index in [4.69, 9.17) is 4.74 Å². The van der Waals surface area contributed by atoms with Crippen molar-refractivity contribution in [3.8, 4) is 0 Å². The number of para-hydroxylation sites is 1. The van der Waals surface area contributed by atoms with E-state index in [9.17, 15) is 14.4 Å². The molecule has 8 nitrogen and oxygen atoms in total. The van der Waals surface area contributed by atoms with Crippen LogP contribution in [0.1, 0.15) is 22.8 Å². The number of rotatable bonds is 5. The van der Waals surface area contributed by atoms with Crippen molar-refractivity contribution >= 4 is 35.7 Å². The molecule has 2 aromatic rings. The molecule has 1 heterocycles. The highest BCUT2D eigenvalue weighted by atomic mass is 16.5. The molecule has 0 spiro atoms. The minimum atomic E-state index is -0.933. The zero-order valence-corrected chi connectivity index (χ0v) is 17.2. The molecule has 2 aromatic carbocycles. The van der Waals surface area contributed by atoms with Crippen LogP contribution in [0.4, 0.5) is 5.69 Å². The molecule has 1 aliphatic rings. The molecule has 0 radical (unpaired) electrons. The van der Waals surface area contributed by atoms with Gasteiger partial charge in [0.15, 0.2) is 0 Å². The Kier molecular flexibility index (Phi) is 7.67. The number of hydrazone groups is 1. The summed E-state index contributed by atoms with van der Waals surface area (Å²) in [4.78, 5) is 38.8. The van der Waals surface area contributed by atoms with Gasteiger partial charge in [-0.05, 0) is 30.2 Å². The van der Waals surface area contributed by atoms with Gasteiger partial charge in [-0.15, -0.1) is 0 Å². The number of carbonyl (C=O) groups is 3. The predicted octanol–water partition coefficient (Wildman–Crippen LogP) is 2.30. The fraction of sp³-hybridized carbons (Fsp3) is 0.217. The lowest BCUT2D eigenvalue weighted by molar-refractivity contribution is -0.136. The first kappa shape index (κ1) is 21.9. The second kappa shape index (κ2) is 10.8. The van der Waals surface area contributed by atoms with Crippen molar-refractivity contribution in [2.75, 3.05) is 31.6 Å². The standard InChI is InChI=1S/C23H24N4O4/c1-17(15-18-7-3-2-4-8-18)16-24-26-22(29)21(28)25-20-10-6-5-9-19(20)23(30)27-11-13-31-14-12-27/h2-10,15-16H,11-14H2,1H3,(H,25,28)(H,26,29)/b17-15-,24-16+. The first-order chi connectivity index (χ1) is 15.0. The minimum Gasteiger partial charge on any atom is -0.378 e. The van der Waals surface area contributed by atoms with Gasteiger partial charge < -0.3 is 15.0 Å². The minimum absolute atomic E-state index is 0.223. The number of benzene rings is 2. The van der Waals surface area contributed by atoms with Crippen molar-refractivity contribution in [1.29, 1.82) is 0 Å². The van der Waals surface area contributed by atoms with Crippen LogP contribution in [-0.4, -0.2) is 55.1 Å². The summed E-state index contributed by atoms with van der Waals surface area (Å²) in [5.41, 5.74) is 4.58. The number of amides is 3. The molecule has 1 saturated heterocycles. The Balaban J connectivity index is 1.59. The Labute approximate surface area is 180 Å². The topological polar surface area (TPSA) is 100 Å². The zero-order valence-electron chi connectivity index (χ0n) is 17.2. The van der Waals surface area contributed by atoms with E-state index >= 15 is 0 Å². The zero-order chi connectivity index (χ0) is 22.1. The average molecular weight is 420 g/mol. The van der Waals surface area contributed by atoms with E-state index in [-0.39, 0.29) is 11.6 Å². The number of anilines is 1. The van der Waals surface area contributed by atoms with Crippen LogP contribution in [-0.2, 0) is 14.3 Å². The molecule has 160 valence electrons. The van der Waals surface area contributed by atoms with Crippen LogP contribution in [0, 0.1) is 0 Å². The van der Waals surface area contributed by atoms with Crippen LogP contribution in [0.2, 0.25) is 0 Å². The molecule has 0 atom stereocenters. The van der Waals surface area contributed by atoms with Gasteiger partial charge in [0.2, 0.25) is 0 Å². The normalized spacial score (nSPS) is 14.4. The fourth-order valence-corrected chi connectivity index (χ4v) is 2.99. The first-order valence-electron chi connectivity index (χ1n) is 9.88. The number of nitrogens with zero attached hydrogens (tertiary/aromatic N) is 2. The van der Waals surface area contributed by atoms with Crippen molar-refractivity contribution in [1.82, 2.24) is 10.3 Å². The number of nitrogens with one attached hydrogen (secondary N) is 2. The summed E-state index contributed by atoms with van der Waals surface area (Å²) in [5, 5.41) is 6.31. The predicted molar refractivity (Wildman–Crippen MR) is 119 cm³/mol. The monoisotopic (exact) mass is 420 g/mol. The summed E-state index contributed by atoms with van der Waals surface area (Å²) in [6.07, 6.45) is 3.34. The second-order valence-corrected chi connectivity index (χ2v) is 6.90. The van der Waals surface area contributed by atoms with E-state index in [0.717, 1.165) is 11.1 Å². The van der Waals surface area contributed by atoms with Crippen LogP contribution < -0.4 is 10.7 Å². The molecule has 8 heteroatoms. The molecule has 1 fully saturated rings. The summed E-state index contributed by atoms with van der Waals surface area (Å²) < 4.78 is 5.27. The van der Waals surface area contributed by atoms with Crippen LogP contribution >= 0.6 is 0 Å². The van der Waals surface area contributed by atoms with Gasteiger partial charge in [0, 0.05) is 13.1 Å². The van der Waals surface area contributed by atoms with Crippen LogP contribution in [0.3, 0.4) is 0 Å². The van der Waals surface area contributed by atoms with Crippen molar-refractivity contribution in [3.63, 3.8) is 0 Å². The highest BCUT2D eigenvalue weighted by Crippen LogP contribution is 2.18. The number of morpholine rings is 1. The van der Waals surface area contributed by atoms with E-state index in [1.54, 1.807) is 29.2 Å². The lowest BCUT2D eigenvalue weighted by atomic mass is 10.1. The Morgan fingerprint density at radius 1 is 0.968 bits per heavy atom. The summed E-state index contributed by atoms with van der Waals surface area (Å²) >= 11 is 0. The lowest BCUT2D eigenvalue weighted by Gasteiger charge is -2.27. The van der Waals surface area contributed by atoms with Crippen molar-refractivity contribution in [2.24, 2.45) is 5.10 Å². The SMILES string of the molecule is CC(=C/c1ccccc1)/C=N/NC(=O)C(=O)Nc1ccccc1C(=O)N1CCOCC1. The first-order valence-corrected chi connectivity index (χ1v) is 9.88.